The van der Waals surface area contributed by atoms with E-state index in [1.165, 1.54) is 0 Å². The molecule has 0 saturated heterocycles. The normalized spacial score (nSPS) is 11.3. The van der Waals surface area contributed by atoms with Gasteiger partial charge < -0.3 is 9.84 Å². The van der Waals surface area contributed by atoms with Gasteiger partial charge in [0, 0.05) is 0 Å². The minimum Gasteiger partial charge on any atom is -0.478 e. The molecule has 0 fully saturated rings. The van der Waals surface area contributed by atoms with Gasteiger partial charge in [-0.2, -0.15) is 0 Å². The topological polar surface area (TPSA) is 46.5 Å². The minimum absolute atomic E-state index is 0.671. The van der Waals surface area contributed by atoms with Gasteiger partial charge in [-0.15, -0.1) is 0 Å². The van der Waals surface area contributed by atoms with Gasteiger partial charge >= 0.3 is 5.97 Å². The lowest BCUT2D eigenvalue weighted by atomic mass is 10.0. The molecule has 1 N–H and O–H groups in total. The zero-order chi connectivity index (χ0) is 13.1. The van der Waals surface area contributed by atoms with Gasteiger partial charge in [0.1, 0.15) is 5.75 Å². The molecule has 0 atom stereocenters. The SMILES string of the molecule is CCCc1cc(C)ccc1OC(C)(C)C(=O)O. The molecule has 0 amide bonds. The molecule has 0 aliphatic carbocycles. The molecule has 1 rings (SSSR count). The van der Waals surface area contributed by atoms with Crippen LogP contribution in [0.1, 0.15) is 38.3 Å². The van der Waals surface area contributed by atoms with Crippen LogP contribution in [0.15, 0.2) is 18.2 Å². The highest BCUT2D eigenvalue weighted by Crippen LogP contribution is 2.25. The van der Waals surface area contributed by atoms with E-state index in [-0.39, 0.29) is 0 Å². The van der Waals surface area contributed by atoms with Crippen LogP contribution in [0.3, 0.4) is 0 Å². The van der Waals surface area contributed by atoms with Crippen LogP contribution in [0.25, 0.3) is 0 Å². The lowest BCUT2D eigenvalue weighted by Crippen LogP contribution is -2.38. The average Bonchev–Trinajstić information content (AvgIpc) is 2.22. The van der Waals surface area contributed by atoms with Crippen molar-refractivity contribution in [2.24, 2.45) is 0 Å². The number of rotatable bonds is 5. The Morgan fingerprint density at radius 3 is 2.59 bits per heavy atom. The van der Waals surface area contributed by atoms with Crippen molar-refractivity contribution in [3.63, 3.8) is 0 Å². The first-order valence-corrected chi connectivity index (χ1v) is 5.88. The molecule has 3 nitrogen and oxygen atoms in total. The van der Waals surface area contributed by atoms with Crippen molar-refractivity contribution in [3.05, 3.63) is 29.3 Å². The second-order valence-electron chi connectivity index (χ2n) is 4.78. The fraction of sp³-hybridized carbons (Fsp3) is 0.500. The van der Waals surface area contributed by atoms with Crippen LogP contribution in [0.2, 0.25) is 0 Å². The summed E-state index contributed by atoms with van der Waals surface area (Å²) in [5, 5.41) is 9.05. The van der Waals surface area contributed by atoms with Crippen molar-refractivity contribution >= 4 is 5.97 Å². The Balaban J connectivity index is 3.01. The molecule has 17 heavy (non-hydrogen) atoms. The Kier molecular flexibility index (Phi) is 4.16. The molecule has 0 saturated carbocycles. The zero-order valence-corrected chi connectivity index (χ0v) is 10.9. The van der Waals surface area contributed by atoms with Crippen LogP contribution in [0.4, 0.5) is 0 Å². The van der Waals surface area contributed by atoms with Gasteiger partial charge in [-0.1, -0.05) is 31.0 Å². The molecule has 0 aromatic heterocycles. The van der Waals surface area contributed by atoms with Crippen LogP contribution in [0.5, 0.6) is 5.75 Å². The summed E-state index contributed by atoms with van der Waals surface area (Å²) in [6, 6.07) is 5.84. The Bertz CT molecular complexity index is 408. The average molecular weight is 236 g/mol. The van der Waals surface area contributed by atoms with E-state index in [9.17, 15) is 4.79 Å². The first-order valence-electron chi connectivity index (χ1n) is 5.88. The molecule has 0 bridgehead atoms. The molecule has 3 heteroatoms. The standard InChI is InChI=1S/C14H20O3/c1-5-6-11-9-10(2)7-8-12(11)17-14(3,4)13(15)16/h7-9H,5-6H2,1-4H3,(H,15,16). The van der Waals surface area contributed by atoms with Crippen LogP contribution in [-0.4, -0.2) is 16.7 Å². The van der Waals surface area contributed by atoms with E-state index in [1.807, 2.05) is 19.1 Å². The van der Waals surface area contributed by atoms with Gasteiger partial charge in [0.15, 0.2) is 5.60 Å². The first-order chi connectivity index (χ1) is 7.86. The molecule has 0 heterocycles. The fourth-order valence-electron chi connectivity index (χ4n) is 1.59. The lowest BCUT2D eigenvalue weighted by Gasteiger charge is -2.23. The third kappa shape index (κ3) is 3.48. The highest BCUT2D eigenvalue weighted by atomic mass is 16.5. The maximum atomic E-state index is 11.0. The molecule has 0 aliphatic heterocycles. The molecular weight excluding hydrogens is 216 g/mol. The summed E-state index contributed by atoms with van der Waals surface area (Å²) >= 11 is 0. The quantitative estimate of drug-likeness (QED) is 0.854. The van der Waals surface area contributed by atoms with E-state index in [4.69, 9.17) is 9.84 Å². The third-order valence-corrected chi connectivity index (χ3v) is 2.62. The third-order valence-electron chi connectivity index (χ3n) is 2.62. The van der Waals surface area contributed by atoms with Crippen molar-refractivity contribution in [1.29, 1.82) is 0 Å². The summed E-state index contributed by atoms with van der Waals surface area (Å²) in [5.41, 5.74) is 1.04. The van der Waals surface area contributed by atoms with Crippen LogP contribution in [0, 0.1) is 6.92 Å². The molecule has 0 radical (unpaired) electrons. The van der Waals surface area contributed by atoms with E-state index in [0.717, 1.165) is 24.0 Å². The van der Waals surface area contributed by atoms with Crippen LogP contribution in [-0.2, 0) is 11.2 Å². The summed E-state index contributed by atoms with van der Waals surface area (Å²) < 4.78 is 5.60. The minimum atomic E-state index is -1.20. The van der Waals surface area contributed by atoms with Crippen molar-refractivity contribution in [2.45, 2.75) is 46.1 Å². The van der Waals surface area contributed by atoms with Gasteiger partial charge in [0.05, 0.1) is 0 Å². The summed E-state index contributed by atoms with van der Waals surface area (Å²) in [6.45, 7) is 7.23. The van der Waals surface area contributed by atoms with Crippen LogP contribution < -0.4 is 4.74 Å². The number of carbonyl (C=O) groups is 1. The number of aryl methyl sites for hydroxylation is 2. The van der Waals surface area contributed by atoms with E-state index in [1.54, 1.807) is 13.8 Å². The molecule has 94 valence electrons. The molecule has 0 spiro atoms. The summed E-state index contributed by atoms with van der Waals surface area (Å²) in [4.78, 5) is 11.0. The highest BCUT2D eigenvalue weighted by molar-refractivity contribution is 5.76. The number of carboxylic acids is 1. The Morgan fingerprint density at radius 2 is 2.06 bits per heavy atom. The van der Waals surface area contributed by atoms with Gasteiger partial charge in [-0.3, -0.25) is 0 Å². The maximum absolute atomic E-state index is 11.0. The largest absolute Gasteiger partial charge is 0.478 e. The van der Waals surface area contributed by atoms with E-state index < -0.39 is 11.6 Å². The van der Waals surface area contributed by atoms with Gasteiger partial charge in [0.2, 0.25) is 0 Å². The predicted molar refractivity (Wildman–Crippen MR) is 67.5 cm³/mol. The summed E-state index contributed by atoms with van der Waals surface area (Å²) in [7, 11) is 0. The monoisotopic (exact) mass is 236 g/mol. The molecule has 1 aromatic carbocycles. The summed E-state index contributed by atoms with van der Waals surface area (Å²) in [6.07, 6.45) is 1.90. The molecule has 0 aliphatic rings. The van der Waals surface area contributed by atoms with Gasteiger partial charge in [-0.05, 0) is 38.8 Å². The number of carboxylic acid groups (broad SMARTS) is 1. The Hall–Kier alpha value is -1.51. The van der Waals surface area contributed by atoms with E-state index >= 15 is 0 Å². The maximum Gasteiger partial charge on any atom is 0.347 e. The van der Waals surface area contributed by atoms with Crippen molar-refractivity contribution in [3.8, 4) is 5.75 Å². The number of benzene rings is 1. The molecule has 1 aromatic rings. The Labute approximate surface area is 102 Å². The van der Waals surface area contributed by atoms with Crippen molar-refractivity contribution < 1.29 is 14.6 Å². The Morgan fingerprint density at radius 1 is 1.41 bits per heavy atom. The lowest BCUT2D eigenvalue weighted by molar-refractivity contribution is -0.152. The number of hydrogen-bond donors (Lipinski definition) is 1. The second-order valence-corrected chi connectivity index (χ2v) is 4.78. The smallest absolute Gasteiger partial charge is 0.347 e. The number of ether oxygens (including phenoxy) is 1. The van der Waals surface area contributed by atoms with Gasteiger partial charge in [-0.25, -0.2) is 4.79 Å². The number of aliphatic carboxylic acids is 1. The first kappa shape index (κ1) is 13.6. The zero-order valence-electron chi connectivity index (χ0n) is 10.9. The van der Waals surface area contributed by atoms with E-state index in [0.29, 0.717) is 5.75 Å². The highest BCUT2D eigenvalue weighted by Gasteiger charge is 2.30. The van der Waals surface area contributed by atoms with E-state index in [2.05, 4.69) is 13.0 Å². The van der Waals surface area contributed by atoms with Crippen LogP contribution >= 0.6 is 0 Å². The second kappa shape index (κ2) is 5.21. The molecular formula is C14H20O3. The number of hydrogen-bond acceptors (Lipinski definition) is 2. The predicted octanol–water partition coefficient (Wildman–Crippen LogP) is 3.19. The van der Waals surface area contributed by atoms with Gasteiger partial charge in [0.25, 0.3) is 0 Å². The van der Waals surface area contributed by atoms with Crippen molar-refractivity contribution in [1.82, 2.24) is 0 Å². The fourth-order valence-corrected chi connectivity index (χ4v) is 1.59. The summed E-state index contributed by atoms with van der Waals surface area (Å²) in [5.74, 6) is -0.287. The molecule has 0 unspecified atom stereocenters. The van der Waals surface area contributed by atoms with Crippen molar-refractivity contribution in [2.75, 3.05) is 0 Å².